The zero-order valence-corrected chi connectivity index (χ0v) is 18.9. The number of nitrogens with one attached hydrogen (secondary N) is 2. The second-order valence-corrected chi connectivity index (χ2v) is 6.86. The fourth-order valence-electron chi connectivity index (χ4n) is 3.03. The number of guanidine groups is 1. The highest BCUT2D eigenvalue weighted by Crippen LogP contribution is 2.22. The zero-order chi connectivity index (χ0) is 17.9. The summed E-state index contributed by atoms with van der Waals surface area (Å²) >= 11 is 6.27. The van der Waals surface area contributed by atoms with E-state index in [2.05, 4.69) is 34.6 Å². The molecule has 1 fully saturated rings. The third kappa shape index (κ3) is 8.41. The van der Waals surface area contributed by atoms with E-state index in [-0.39, 0.29) is 24.0 Å². The van der Waals surface area contributed by atoms with Gasteiger partial charge in [0.05, 0.1) is 6.61 Å². The van der Waals surface area contributed by atoms with Crippen LogP contribution in [0.2, 0.25) is 5.02 Å². The Hall–Kier alpha value is -0.570. The maximum Gasteiger partial charge on any atom is 0.191 e. The molecule has 0 aromatic heterocycles. The summed E-state index contributed by atoms with van der Waals surface area (Å²) in [6.45, 7) is 8.45. The lowest BCUT2D eigenvalue weighted by molar-refractivity contribution is 0.180. The van der Waals surface area contributed by atoms with Crippen LogP contribution in [0, 0.1) is 5.92 Å². The van der Waals surface area contributed by atoms with Crippen LogP contribution in [0.3, 0.4) is 0 Å². The largest absolute Gasteiger partial charge is 0.383 e. The first-order valence-corrected chi connectivity index (χ1v) is 9.57. The van der Waals surface area contributed by atoms with E-state index >= 15 is 0 Å². The number of rotatable bonds is 8. The number of ether oxygens (including phenoxy) is 1. The molecule has 0 aliphatic carbocycles. The molecule has 0 saturated carbocycles. The summed E-state index contributed by atoms with van der Waals surface area (Å²) in [4.78, 5) is 7.22. The van der Waals surface area contributed by atoms with E-state index in [4.69, 9.17) is 21.3 Å². The third-order valence-corrected chi connectivity index (χ3v) is 4.88. The number of hydrogen-bond acceptors (Lipinski definition) is 3. The number of benzene rings is 1. The van der Waals surface area contributed by atoms with Gasteiger partial charge in [0.2, 0.25) is 0 Å². The molecule has 7 heteroatoms. The van der Waals surface area contributed by atoms with Crippen LogP contribution in [-0.4, -0.2) is 57.3 Å². The molecule has 0 bridgehead atoms. The van der Waals surface area contributed by atoms with Crippen molar-refractivity contribution < 1.29 is 4.74 Å². The molecule has 2 rings (SSSR count). The van der Waals surface area contributed by atoms with Gasteiger partial charge in [0.15, 0.2) is 5.96 Å². The van der Waals surface area contributed by atoms with Gasteiger partial charge in [0.25, 0.3) is 0 Å². The van der Waals surface area contributed by atoms with Crippen molar-refractivity contribution in [2.75, 3.05) is 46.4 Å². The predicted octanol–water partition coefficient (Wildman–Crippen LogP) is 3.37. The van der Waals surface area contributed by atoms with Crippen LogP contribution in [0.25, 0.3) is 0 Å². The Bertz CT molecular complexity index is 536. The summed E-state index contributed by atoms with van der Waals surface area (Å²) < 4.78 is 5.07. The monoisotopic (exact) mass is 494 g/mol. The maximum atomic E-state index is 6.27. The standard InChI is InChI=1S/C19H31ClN4O.HI/c1-3-21-19(22-10-13-25-2)23-14-16-8-11-24(12-9-16)15-17-6-4-5-7-18(17)20;/h4-7,16H,3,8-15H2,1-2H3,(H2,21,22,23);1H. The highest BCUT2D eigenvalue weighted by molar-refractivity contribution is 14.0. The first kappa shape index (κ1) is 23.5. The van der Waals surface area contributed by atoms with Gasteiger partial charge in [0, 0.05) is 38.3 Å². The number of nitrogens with zero attached hydrogens (tertiary/aromatic N) is 2. The molecule has 1 aliphatic heterocycles. The quantitative estimate of drug-likeness (QED) is 0.252. The molecular formula is C19H32ClIN4O. The van der Waals surface area contributed by atoms with Gasteiger partial charge in [-0.2, -0.15) is 0 Å². The number of piperidine rings is 1. The van der Waals surface area contributed by atoms with Crippen molar-refractivity contribution in [2.45, 2.75) is 26.3 Å². The molecule has 0 unspecified atom stereocenters. The topological polar surface area (TPSA) is 48.9 Å². The second-order valence-electron chi connectivity index (χ2n) is 6.45. The van der Waals surface area contributed by atoms with Crippen molar-refractivity contribution in [1.82, 2.24) is 15.5 Å². The first-order valence-electron chi connectivity index (χ1n) is 9.19. The molecule has 0 radical (unpaired) electrons. The van der Waals surface area contributed by atoms with Crippen molar-refractivity contribution in [3.05, 3.63) is 34.9 Å². The Morgan fingerprint density at radius 1 is 1.27 bits per heavy atom. The molecule has 1 saturated heterocycles. The average molecular weight is 495 g/mol. The molecule has 1 aliphatic rings. The fourth-order valence-corrected chi connectivity index (χ4v) is 3.22. The summed E-state index contributed by atoms with van der Waals surface area (Å²) in [5, 5.41) is 7.45. The predicted molar refractivity (Wildman–Crippen MR) is 121 cm³/mol. The molecule has 0 atom stereocenters. The molecule has 1 aromatic rings. The molecule has 2 N–H and O–H groups in total. The second kappa shape index (κ2) is 13.6. The van der Waals surface area contributed by atoms with E-state index < -0.39 is 0 Å². The van der Waals surface area contributed by atoms with E-state index in [0.717, 1.165) is 50.3 Å². The lowest BCUT2D eigenvalue weighted by atomic mass is 9.96. The smallest absolute Gasteiger partial charge is 0.191 e. The van der Waals surface area contributed by atoms with E-state index in [1.54, 1.807) is 7.11 Å². The number of aliphatic imine (C=N–C) groups is 1. The number of halogens is 2. The van der Waals surface area contributed by atoms with Gasteiger partial charge in [-0.3, -0.25) is 9.89 Å². The molecule has 26 heavy (non-hydrogen) atoms. The van der Waals surface area contributed by atoms with Gasteiger partial charge in [-0.1, -0.05) is 29.8 Å². The summed E-state index contributed by atoms with van der Waals surface area (Å²) in [6, 6.07) is 8.13. The lowest BCUT2D eigenvalue weighted by Gasteiger charge is -2.31. The first-order chi connectivity index (χ1) is 12.2. The zero-order valence-electron chi connectivity index (χ0n) is 15.8. The van der Waals surface area contributed by atoms with E-state index in [1.165, 1.54) is 18.4 Å². The van der Waals surface area contributed by atoms with Crippen LogP contribution in [0.1, 0.15) is 25.3 Å². The molecular weight excluding hydrogens is 463 g/mol. The van der Waals surface area contributed by atoms with Gasteiger partial charge >= 0.3 is 0 Å². The molecule has 1 heterocycles. The molecule has 0 amide bonds. The minimum absolute atomic E-state index is 0. The van der Waals surface area contributed by atoms with E-state index in [0.29, 0.717) is 12.5 Å². The van der Waals surface area contributed by atoms with Crippen molar-refractivity contribution >= 4 is 41.5 Å². The molecule has 0 spiro atoms. The summed E-state index contributed by atoms with van der Waals surface area (Å²) in [5.41, 5.74) is 1.22. The highest BCUT2D eigenvalue weighted by Gasteiger charge is 2.19. The summed E-state index contributed by atoms with van der Waals surface area (Å²) in [5.74, 6) is 1.54. The van der Waals surface area contributed by atoms with Crippen molar-refractivity contribution in [2.24, 2.45) is 10.9 Å². The van der Waals surface area contributed by atoms with Crippen LogP contribution in [0.5, 0.6) is 0 Å². The van der Waals surface area contributed by atoms with Crippen LogP contribution < -0.4 is 10.6 Å². The summed E-state index contributed by atoms with van der Waals surface area (Å²) in [6.07, 6.45) is 2.37. The minimum Gasteiger partial charge on any atom is -0.383 e. The van der Waals surface area contributed by atoms with Crippen LogP contribution >= 0.6 is 35.6 Å². The van der Waals surface area contributed by atoms with Crippen LogP contribution in [-0.2, 0) is 11.3 Å². The van der Waals surface area contributed by atoms with Crippen molar-refractivity contribution in [3.63, 3.8) is 0 Å². The van der Waals surface area contributed by atoms with Gasteiger partial charge in [0.1, 0.15) is 0 Å². The average Bonchev–Trinajstić information content (AvgIpc) is 2.63. The normalized spacial score (nSPS) is 16.2. The van der Waals surface area contributed by atoms with E-state index in [1.807, 2.05) is 12.1 Å². The van der Waals surface area contributed by atoms with Crippen molar-refractivity contribution in [1.29, 1.82) is 0 Å². The Morgan fingerprint density at radius 3 is 2.65 bits per heavy atom. The van der Waals surface area contributed by atoms with Crippen molar-refractivity contribution in [3.8, 4) is 0 Å². The van der Waals surface area contributed by atoms with E-state index in [9.17, 15) is 0 Å². The molecule has 1 aromatic carbocycles. The third-order valence-electron chi connectivity index (χ3n) is 4.51. The fraction of sp³-hybridized carbons (Fsp3) is 0.632. The molecule has 5 nitrogen and oxygen atoms in total. The minimum atomic E-state index is 0. The van der Waals surface area contributed by atoms with Gasteiger partial charge in [-0.05, 0) is 50.4 Å². The van der Waals surface area contributed by atoms with Gasteiger partial charge in [-0.25, -0.2) is 0 Å². The Kier molecular flexibility index (Phi) is 12.3. The summed E-state index contributed by atoms with van der Waals surface area (Å²) in [7, 11) is 1.71. The number of likely N-dealkylation sites (tertiary alicyclic amines) is 1. The number of hydrogen-bond donors (Lipinski definition) is 2. The Labute approximate surface area is 179 Å². The van der Waals surface area contributed by atoms with Crippen LogP contribution in [0.4, 0.5) is 0 Å². The Balaban J connectivity index is 0.00000338. The Morgan fingerprint density at radius 2 is 2.00 bits per heavy atom. The maximum absolute atomic E-state index is 6.27. The van der Waals surface area contributed by atoms with Crippen LogP contribution in [0.15, 0.2) is 29.3 Å². The SMILES string of the molecule is CCNC(=NCC1CCN(Cc2ccccc2Cl)CC1)NCCOC.I. The lowest BCUT2D eigenvalue weighted by Crippen LogP contribution is -2.40. The molecule has 148 valence electrons. The van der Waals surface area contributed by atoms with Gasteiger partial charge < -0.3 is 15.4 Å². The number of methoxy groups -OCH3 is 1. The van der Waals surface area contributed by atoms with Gasteiger partial charge in [-0.15, -0.1) is 24.0 Å². The highest BCUT2D eigenvalue weighted by atomic mass is 127.